The minimum absolute atomic E-state index is 0.489. The zero-order chi connectivity index (χ0) is 18.6. The second-order valence-electron chi connectivity index (χ2n) is 8.56. The summed E-state index contributed by atoms with van der Waals surface area (Å²) in [6.07, 6.45) is 6.30. The molecular formula is C22H23N5. The topological polar surface area (TPSA) is 68.6 Å². The van der Waals surface area contributed by atoms with Gasteiger partial charge in [-0.05, 0) is 47.8 Å². The van der Waals surface area contributed by atoms with Crippen LogP contribution in [-0.4, -0.2) is 28.0 Å². The number of H-pyrrole nitrogens is 1. The van der Waals surface area contributed by atoms with E-state index in [-0.39, 0.29) is 0 Å². The molecule has 1 saturated carbocycles. The molecular weight excluding hydrogens is 334 g/mol. The number of aromatic nitrogens is 3. The van der Waals surface area contributed by atoms with E-state index in [0.717, 1.165) is 52.9 Å². The number of hydrogen-bond acceptors (Lipinski definition) is 4. The Labute approximate surface area is 159 Å². The molecule has 0 bridgehead atoms. The molecule has 1 aliphatic carbocycles. The molecule has 5 heteroatoms. The molecule has 1 N–H and O–H groups in total. The fraction of sp³-hybridized carbons (Fsp3) is 0.409. The molecule has 5 rings (SSSR count). The van der Waals surface area contributed by atoms with Gasteiger partial charge in [-0.1, -0.05) is 26.0 Å². The summed E-state index contributed by atoms with van der Waals surface area (Å²) in [6.45, 7) is 6.82. The van der Waals surface area contributed by atoms with Crippen molar-refractivity contribution in [1.29, 1.82) is 5.26 Å². The average Bonchev–Trinajstić information content (AvgIpc) is 3.02. The Balaban J connectivity index is 1.57. The van der Waals surface area contributed by atoms with Crippen molar-refractivity contribution in [3.63, 3.8) is 0 Å². The van der Waals surface area contributed by atoms with Gasteiger partial charge in [0.15, 0.2) is 0 Å². The van der Waals surface area contributed by atoms with Crippen LogP contribution in [0, 0.1) is 28.6 Å². The van der Waals surface area contributed by atoms with Crippen LogP contribution in [0.1, 0.15) is 32.3 Å². The fourth-order valence-corrected chi connectivity index (χ4v) is 5.05. The number of fused-ring (bicyclic) bond motifs is 2. The van der Waals surface area contributed by atoms with Gasteiger partial charge in [0.1, 0.15) is 17.8 Å². The Morgan fingerprint density at radius 1 is 1.37 bits per heavy atom. The monoisotopic (exact) mass is 357 g/mol. The van der Waals surface area contributed by atoms with Gasteiger partial charge in [-0.25, -0.2) is 9.97 Å². The first-order chi connectivity index (χ1) is 13.1. The molecule has 27 heavy (non-hydrogen) atoms. The predicted molar refractivity (Wildman–Crippen MR) is 106 cm³/mol. The molecule has 0 radical (unpaired) electrons. The lowest BCUT2D eigenvalue weighted by molar-refractivity contribution is 0.399. The quantitative estimate of drug-likeness (QED) is 0.753. The number of nitriles is 1. The second-order valence-corrected chi connectivity index (χ2v) is 8.56. The summed E-state index contributed by atoms with van der Waals surface area (Å²) in [5.41, 5.74) is 4.10. The van der Waals surface area contributed by atoms with Crippen molar-refractivity contribution in [3.8, 4) is 17.2 Å². The Morgan fingerprint density at radius 3 is 3.07 bits per heavy atom. The van der Waals surface area contributed by atoms with Crippen LogP contribution in [-0.2, 0) is 0 Å². The third-order valence-corrected chi connectivity index (χ3v) is 6.17. The number of hydrogen-bond donors (Lipinski definition) is 1. The number of nitrogens with one attached hydrogen (secondary N) is 1. The molecule has 2 aliphatic rings. The number of aromatic amines is 1. The van der Waals surface area contributed by atoms with Crippen LogP contribution >= 0.6 is 0 Å². The highest BCUT2D eigenvalue weighted by Crippen LogP contribution is 2.61. The highest BCUT2D eigenvalue weighted by atomic mass is 15.2. The molecule has 0 spiro atoms. The average molecular weight is 357 g/mol. The van der Waals surface area contributed by atoms with Crippen LogP contribution in [0.5, 0.6) is 0 Å². The van der Waals surface area contributed by atoms with E-state index in [4.69, 9.17) is 0 Å². The first kappa shape index (κ1) is 16.3. The maximum atomic E-state index is 9.24. The molecule has 2 fully saturated rings. The Morgan fingerprint density at radius 2 is 2.26 bits per heavy atom. The third-order valence-electron chi connectivity index (χ3n) is 6.17. The summed E-state index contributed by atoms with van der Waals surface area (Å²) in [7, 11) is 0. The standard InChI is InChI=1S/C22H23N5/c1-14(2)7-22-8-17(22)11-27(12-22)21-19-18(10-24-20(19)25-13-26-21)16-5-3-4-15(6-16)9-23/h3-6,10,13-14,17H,7-8,11-12H2,1-2H3,(H,24,25,26). The summed E-state index contributed by atoms with van der Waals surface area (Å²) in [6, 6.07) is 9.97. The van der Waals surface area contributed by atoms with E-state index in [1.54, 1.807) is 6.33 Å². The van der Waals surface area contributed by atoms with E-state index in [1.165, 1.54) is 12.8 Å². The molecule has 1 aromatic carbocycles. The molecule has 3 aromatic rings. The van der Waals surface area contributed by atoms with Gasteiger partial charge in [0, 0.05) is 24.8 Å². The second kappa shape index (κ2) is 5.82. The number of rotatable bonds is 4. The smallest absolute Gasteiger partial charge is 0.143 e. The molecule has 0 amide bonds. The van der Waals surface area contributed by atoms with E-state index >= 15 is 0 Å². The number of benzene rings is 1. The largest absolute Gasteiger partial charge is 0.355 e. The molecule has 1 saturated heterocycles. The van der Waals surface area contributed by atoms with Crippen molar-refractivity contribution in [3.05, 3.63) is 42.4 Å². The van der Waals surface area contributed by atoms with Crippen molar-refractivity contribution in [2.45, 2.75) is 26.7 Å². The zero-order valence-corrected chi connectivity index (χ0v) is 15.7. The minimum atomic E-state index is 0.489. The maximum Gasteiger partial charge on any atom is 0.143 e. The van der Waals surface area contributed by atoms with E-state index in [9.17, 15) is 5.26 Å². The highest BCUT2D eigenvalue weighted by Gasteiger charge is 2.59. The lowest BCUT2D eigenvalue weighted by Crippen LogP contribution is -2.26. The van der Waals surface area contributed by atoms with Crippen LogP contribution in [0.4, 0.5) is 5.82 Å². The van der Waals surface area contributed by atoms with E-state index in [1.807, 2.05) is 30.5 Å². The van der Waals surface area contributed by atoms with Crippen molar-refractivity contribution >= 4 is 16.9 Å². The maximum absolute atomic E-state index is 9.24. The van der Waals surface area contributed by atoms with E-state index in [2.05, 4.69) is 39.8 Å². The number of nitrogens with zero attached hydrogens (tertiary/aromatic N) is 4. The van der Waals surface area contributed by atoms with Crippen LogP contribution in [0.2, 0.25) is 0 Å². The lowest BCUT2D eigenvalue weighted by atomic mass is 9.93. The number of anilines is 1. The van der Waals surface area contributed by atoms with Gasteiger partial charge >= 0.3 is 0 Å². The van der Waals surface area contributed by atoms with Gasteiger partial charge in [-0.3, -0.25) is 0 Å². The van der Waals surface area contributed by atoms with Gasteiger partial charge in [0.25, 0.3) is 0 Å². The Kier molecular flexibility index (Phi) is 3.51. The van der Waals surface area contributed by atoms with Crippen LogP contribution in [0.25, 0.3) is 22.2 Å². The van der Waals surface area contributed by atoms with Crippen molar-refractivity contribution in [2.75, 3.05) is 18.0 Å². The third kappa shape index (κ3) is 2.59. The van der Waals surface area contributed by atoms with Crippen molar-refractivity contribution in [2.24, 2.45) is 17.3 Å². The molecule has 5 nitrogen and oxygen atoms in total. The Bertz CT molecular complexity index is 1060. The van der Waals surface area contributed by atoms with E-state index < -0.39 is 0 Å². The summed E-state index contributed by atoms with van der Waals surface area (Å²) in [5.74, 6) is 2.56. The summed E-state index contributed by atoms with van der Waals surface area (Å²) < 4.78 is 0. The van der Waals surface area contributed by atoms with Crippen LogP contribution in [0.3, 0.4) is 0 Å². The minimum Gasteiger partial charge on any atom is -0.355 e. The number of piperidine rings is 1. The molecule has 2 atom stereocenters. The molecule has 136 valence electrons. The summed E-state index contributed by atoms with van der Waals surface area (Å²) >= 11 is 0. The normalized spacial score (nSPS) is 23.6. The Hall–Kier alpha value is -2.87. The first-order valence-corrected chi connectivity index (χ1v) is 9.67. The molecule has 2 aromatic heterocycles. The molecule has 3 heterocycles. The van der Waals surface area contributed by atoms with Crippen molar-refractivity contribution < 1.29 is 0 Å². The lowest BCUT2D eigenvalue weighted by Gasteiger charge is -2.23. The van der Waals surface area contributed by atoms with Gasteiger partial charge < -0.3 is 9.88 Å². The predicted octanol–water partition coefficient (Wildman–Crippen LogP) is 4.37. The zero-order valence-electron chi connectivity index (χ0n) is 15.7. The SMILES string of the molecule is CC(C)CC12CC1CN(c1ncnc3[nH]cc(-c4cccc(C#N)c4)c13)C2. The van der Waals surface area contributed by atoms with Gasteiger partial charge in [-0.2, -0.15) is 5.26 Å². The first-order valence-electron chi connectivity index (χ1n) is 9.67. The summed E-state index contributed by atoms with van der Waals surface area (Å²) in [4.78, 5) is 14.9. The van der Waals surface area contributed by atoms with Crippen LogP contribution in [0.15, 0.2) is 36.8 Å². The van der Waals surface area contributed by atoms with Crippen molar-refractivity contribution in [1.82, 2.24) is 15.0 Å². The highest BCUT2D eigenvalue weighted by molar-refractivity contribution is 6.01. The molecule has 1 aliphatic heterocycles. The van der Waals surface area contributed by atoms with E-state index in [0.29, 0.717) is 11.0 Å². The fourth-order valence-electron chi connectivity index (χ4n) is 5.05. The van der Waals surface area contributed by atoms with Gasteiger partial charge in [0.2, 0.25) is 0 Å². The van der Waals surface area contributed by atoms with Gasteiger partial charge in [0.05, 0.1) is 17.0 Å². The summed E-state index contributed by atoms with van der Waals surface area (Å²) in [5, 5.41) is 10.3. The molecule has 2 unspecified atom stereocenters. The van der Waals surface area contributed by atoms with Crippen LogP contribution < -0.4 is 4.90 Å². The van der Waals surface area contributed by atoms with Gasteiger partial charge in [-0.15, -0.1) is 0 Å².